The first-order valence-corrected chi connectivity index (χ1v) is 5.93. The van der Waals surface area contributed by atoms with E-state index in [9.17, 15) is 9.59 Å². The van der Waals surface area contributed by atoms with Crippen LogP contribution in [0.4, 0.5) is 4.79 Å². The van der Waals surface area contributed by atoms with Gasteiger partial charge >= 0.3 is 12.0 Å². The van der Waals surface area contributed by atoms with Crippen molar-refractivity contribution in [2.45, 2.75) is 25.8 Å². The van der Waals surface area contributed by atoms with Crippen molar-refractivity contribution in [2.24, 2.45) is 5.92 Å². The molecular formula is C11H21N3O3. The Morgan fingerprint density at radius 2 is 2.18 bits per heavy atom. The Balaban J connectivity index is 2.23. The lowest BCUT2D eigenvalue weighted by Crippen LogP contribution is -2.51. The molecule has 6 heteroatoms. The number of carboxylic acids is 1. The van der Waals surface area contributed by atoms with Gasteiger partial charge in [-0.3, -0.25) is 4.79 Å². The van der Waals surface area contributed by atoms with Gasteiger partial charge < -0.3 is 20.6 Å². The number of urea groups is 1. The van der Waals surface area contributed by atoms with Crippen LogP contribution in [0.3, 0.4) is 0 Å². The number of carbonyl (C=O) groups is 2. The minimum absolute atomic E-state index is 0.0453. The van der Waals surface area contributed by atoms with E-state index >= 15 is 0 Å². The van der Waals surface area contributed by atoms with Gasteiger partial charge in [0, 0.05) is 19.1 Å². The Kier molecular flexibility index (Phi) is 5.21. The summed E-state index contributed by atoms with van der Waals surface area (Å²) in [6, 6.07) is -0.0938. The van der Waals surface area contributed by atoms with Crippen molar-refractivity contribution >= 4 is 12.0 Å². The highest BCUT2D eigenvalue weighted by atomic mass is 16.4. The highest BCUT2D eigenvalue weighted by Crippen LogP contribution is 2.14. The summed E-state index contributed by atoms with van der Waals surface area (Å²) in [7, 11) is 2.07. The van der Waals surface area contributed by atoms with Gasteiger partial charge in [0.1, 0.15) is 0 Å². The summed E-state index contributed by atoms with van der Waals surface area (Å²) in [6.07, 6.45) is 0.889. The molecule has 1 fully saturated rings. The van der Waals surface area contributed by atoms with Crippen LogP contribution in [-0.2, 0) is 4.79 Å². The summed E-state index contributed by atoms with van der Waals surface area (Å²) in [5.41, 5.74) is 0. The fourth-order valence-corrected chi connectivity index (χ4v) is 2.07. The second-order valence-corrected chi connectivity index (χ2v) is 4.68. The van der Waals surface area contributed by atoms with Crippen molar-refractivity contribution in [2.75, 3.05) is 26.7 Å². The quantitative estimate of drug-likeness (QED) is 0.654. The number of amides is 2. The number of piperidine rings is 1. The molecule has 3 N–H and O–H groups in total. The van der Waals surface area contributed by atoms with E-state index in [0.717, 1.165) is 19.5 Å². The molecule has 0 aromatic rings. The van der Waals surface area contributed by atoms with E-state index in [0.29, 0.717) is 5.92 Å². The molecule has 0 radical (unpaired) electrons. The molecular weight excluding hydrogens is 222 g/mol. The van der Waals surface area contributed by atoms with E-state index < -0.39 is 5.97 Å². The third-order valence-electron chi connectivity index (χ3n) is 3.05. The topological polar surface area (TPSA) is 81.7 Å². The highest BCUT2D eigenvalue weighted by Gasteiger charge is 2.25. The summed E-state index contributed by atoms with van der Waals surface area (Å²) in [5.74, 6) is -0.489. The van der Waals surface area contributed by atoms with Crippen molar-refractivity contribution in [3.8, 4) is 0 Å². The van der Waals surface area contributed by atoms with Gasteiger partial charge in [0.15, 0.2) is 0 Å². The molecule has 1 heterocycles. The van der Waals surface area contributed by atoms with Crippen LogP contribution >= 0.6 is 0 Å². The Morgan fingerprint density at radius 1 is 1.47 bits per heavy atom. The highest BCUT2D eigenvalue weighted by molar-refractivity contribution is 5.75. The number of nitrogens with zero attached hydrogens (tertiary/aromatic N) is 1. The molecule has 0 aromatic carbocycles. The van der Waals surface area contributed by atoms with Gasteiger partial charge in [-0.2, -0.15) is 0 Å². The second kappa shape index (κ2) is 6.44. The van der Waals surface area contributed by atoms with Crippen LogP contribution in [0.5, 0.6) is 0 Å². The molecule has 1 aliphatic heterocycles. The fraction of sp³-hybridized carbons (Fsp3) is 0.818. The average Bonchev–Trinajstić information content (AvgIpc) is 2.21. The maximum atomic E-state index is 11.5. The SMILES string of the molecule is CC1CN(C)CCC1NC(=O)NCCC(=O)O. The van der Waals surface area contributed by atoms with Crippen molar-refractivity contribution in [3.05, 3.63) is 0 Å². The Bertz CT molecular complexity index is 283. The van der Waals surface area contributed by atoms with E-state index in [1.165, 1.54) is 0 Å². The summed E-state index contributed by atoms with van der Waals surface area (Å²) in [6.45, 7) is 4.23. The minimum atomic E-state index is -0.905. The van der Waals surface area contributed by atoms with Crippen LogP contribution < -0.4 is 10.6 Å². The Labute approximate surface area is 101 Å². The molecule has 98 valence electrons. The largest absolute Gasteiger partial charge is 0.481 e. The first kappa shape index (κ1) is 13.8. The molecule has 2 unspecified atom stereocenters. The van der Waals surface area contributed by atoms with Crippen LogP contribution in [0.25, 0.3) is 0 Å². The zero-order valence-electron chi connectivity index (χ0n) is 10.4. The lowest BCUT2D eigenvalue weighted by atomic mass is 9.94. The number of hydrogen-bond donors (Lipinski definition) is 3. The fourth-order valence-electron chi connectivity index (χ4n) is 2.07. The van der Waals surface area contributed by atoms with Gasteiger partial charge in [0.25, 0.3) is 0 Å². The number of rotatable bonds is 4. The number of nitrogens with one attached hydrogen (secondary N) is 2. The third kappa shape index (κ3) is 5.04. The maximum absolute atomic E-state index is 11.5. The lowest BCUT2D eigenvalue weighted by Gasteiger charge is -2.35. The maximum Gasteiger partial charge on any atom is 0.315 e. The summed E-state index contributed by atoms with van der Waals surface area (Å²) < 4.78 is 0. The third-order valence-corrected chi connectivity index (χ3v) is 3.05. The van der Waals surface area contributed by atoms with E-state index in [-0.39, 0.29) is 25.0 Å². The smallest absolute Gasteiger partial charge is 0.315 e. The van der Waals surface area contributed by atoms with Crippen LogP contribution in [0.15, 0.2) is 0 Å². The molecule has 2 atom stereocenters. The van der Waals surface area contributed by atoms with Crippen molar-refractivity contribution in [3.63, 3.8) is 0 Å². The standard InChI is InChI=1S/C11H21N3O3/c1-8-7-14(2)6-4-9(8)13-11(17)12-5-3-10(15)16/h8-9H,3-7H2,1-2H3,(H,15,16)(H2,12,13,17). The van der Waals surface area contributed by atoms with E-state index in [2.05, 4.69) is 29.5 Å². The molecule has 0 aromatic heterocycles. The first-order valence-electron chi connectivity index (χ1n) is 5.93. The predicted octanol–water partition coefficient (Wildman–Crippen LogP) is 0.101. The first-order chi connectivity index (χ1) is 7.99. The van der Waals surface area contributed by atoms with Gasteiger partial charge in [-0.25, -0.2) is 4.79 Å². The lowest BCUT2D eigenvalue weighted by molar-refractivity contribution is -0.136. The molecule has 0 bridgehead atoms. The van der Waals surface area contributed by atoms with E-state index in [4.69, 9.17) is 5.11 Å². The predicted molar refractivity (Wildman–Crippen MR) is 63.9 cm³/mol. The number of aliphatic carboxylic acids is 1. The van der Waals surface area contributed by atoms with Gasteiger partial charge in [-0.05, 0) is 25.9 Å². The monoisotopic (exact) mass is 243 g/mol. The normalized spacial score (nSPS) is 25.3. The molecule has 6 nitrogen and oxygen atoms in total. The number of likely N-dealkylation sites (tertiary alicyclic amines) is 1. The Morgan fingerprint density at radius 3 is 2.76 bits per heavy atom. The molecule has 17 heavy (non-hydrogen) atoms. The molecule has 1 aliphatic rings. The zero-order valence-corrected chi connectivity index (χ0v) is 10.4. The van der Waals surface area contributed by atoms with Gasteiger partial charge in [-0.15, -0.1) is 0 Å². The van der Waals surface area contributed by atoms with Crippen molar-refractivity contribution < 1.29 is 14.7 Å². The summed E-state index contributed by atoms with van der Waals surface area (Å²) in [4.78, 5) is 24.0. The number of carbonyl (C=O) groups excluding carboxylic acids is 1. The van der Waals surface area contributed by atoms with E-state index in [1.54, 1.807) is 0 Å². The molecule has 2 amide bonds. The van der Waals surface area contributed by atoms with Crippen LogP contribution in [0, 0.1) is 5.92 Å². The van der Waals surface area contributed by atoms with Crippen molar-refractivity contribution in [1.82, 2.24) is 15.5 Å². The summed E-state index contributed by atoms with van der Waals surface area (Å²) in [5, 5.41) is 13.9. The van der Waals surface area contributed by atoms with E-state index in [1.807, 2.05) is 0 Å². The molecule has 0 spiro atoms. The van der Waals surface area contributed by atoms with Crippen LogP contribution in [0.1, 0.15) is 19.8 Å². The summed E-state index contributed by atoms with van der Waals surface area (Å²) >= 11 is 0. The van der Waals surface area contributed by atoms with Crippen LogP contribution in [-0.4, -0.2) is 54.7 Å². The van der Waals surface area contributed by atoms with Crippen molar-refractivity contribution in [1.29, 1.82) is 0 Å². The molecule has 1 rings (SSSR count). The van der Waals surface area contributed by atoms with Crippen LogP contribution in [0.2, 0.25) is 0 Å². The second-order valence-electron chi connectivity index (χ2n) is 4.68. The Hall–Kier alpha value is -1.30. The molecule has 0 aliphatic carbocycles. The number of carboxylic acid groups (broad SMARTS) is 1. The zero-order chi connectivity index (χ0) is 12.8. The van der Waals surface area contributed by atoms with Gasteiger partial charge in [0.2, 0.25) is 0 Å². The minimum Gasteiger partial charge on any atom is -0.481 e. The number of hydrogen-bond acceptors (Lipinski definition) is 3. The average molecular weight is 243 g/mol. The molecule has 0 saturated carbocycles. The molecule has 1 saturated heterocycles. The van der Waals surface area contributed by atoms with Gasteiger partial charge in [0.05, 0.1) is 6.42 Å². The van der Waals surface area contributed by atoms with Gasteiger partial charge in [-0.1, -0.05) is 6.92 Å².